The van der Waals surface area contributed by atoms with Gasteiger partial charge in [-0.2, -0.15) is 0 Å². The van der Waals surface area contributed by atoms with Gasteiger partial charge < -0.3 is 24.6 Å². The highest BCUT2D eigenvalue weighted by molar-refractivity contribution is 5.91. The minimum Gasteiger partial charge on any atom is -0.508 e. The van der Waals surface area contributed by atoms with Gasteiger partial charge in [0.25, 0.3) is 5.91 Å². The Hall–Kier alpha value is -3.22. The number of esters is 1. The Morgan fingerprint density at radius 2 is 1.86 bits per heavy atom. The van der Waals surface area contributed by atoms with Gasteiger partial charge in [-0.1, -0.05) is 26.0 Å². The lowest BCUT2D eigenvalue weighted by molar-refractivity contribution is -0.125. The molecule has 0 saturated carbocycles. The van der Waals surface area contributed by atoms with Crippen LogP contribution in [0.15, 0.2) is 42.5 Å². The molecule has 29 heavy (non-hydrogen) atoms. The summed E-state index contributed by atoms with van der Waals surface area (Å²) >= 11 is 0. The standard InChI is InChI=1S/C22H25NO6/c1-14(2)21(15-7-8-18-19(12-15)28-10-4-9-27-18)23-20(25)13-29-22(26)16-5-3-6-17(24)11-16/h3,5-8,11-12,14,21,24H,4,9-10,13H2,1-2H3,(H,23,25)/t21-/m0/s1. The fourth-order valence-electron chi connectivity index (χ4n) is 3.07. The van der Waals surface area contributed by atoms with Crippen LogP contribution in [0.25, 0.3) is 0 Å². The van der Waals surface area contributed by atoms with Crippen LogP contribution >= 0.6 is 0 Å². The summed E-state index contributed by atoms with van der Waals surface area (Å²) in [7, 11) is 0. The van der Waals surface area contributed by atoms with E-state index in [2.05, 4.69) is 5.32 Å². The van der Waals surface area contributed by atoms with E-state index >= 15 is 0 Å². The van der Waals surface area contributed by atoms with Crippen molar-refractivity contribution in [1.29, 1.82) is 0 Å². The van der Waals surface area contributed by atoms with Crippen molar-refractivity contribution in [1.82, 2.24) is 5.32 Å². The number of phenolic OH excluding ortho intramolecular Hbond substituents is 1. The second-order valence-electron chi connectivity index (χ2n) is 7.17. The molecule has 1 aliphatic rings. The molecule has 2 N–H and O–H groups in total. The van der Waals surface area contributed by atoms with E-state index in [0.717, 1.165) is 12.0 Å². The van der Waals surface area contributed by atoms with E-state index in [9.17, 15) is 14.7 Å². The molecular weight excluding hydrogens is 374 g/mol. The maximum absolute atomic E-state index is 12.4. The van der Waals surface area contributed by atoms with Crippen LogP contribution < -0.4 is 14.8 Å². The molecule has 1 heterocycles. The summed E-state index contributed by atoms with van der Waals surface area (Å²) in [5.74, 6) is 0.330. The number of ether oxygens (including phenoxy) is 3. The molecule has 0 unspecified atom stereocenters. The van der Waals surface area contributed by atoms with Gasteiger partial charge in [0.05, 0.1) is 24.8 Å². The Labute approximate surface area is 169 Å². The molecule has 0 aliphatic carbocycles. The van der Waals surface area contributed by atoms with E-state index in [1.807, 2.05) is 32.0 Å². The fourth-order valence-corrected chi connectivity index (χ4v) is 3.07. The smallest absolute Gasteiger partial charge is 0.338 e. The molecule has 0 spiro atoms. The van der Waals surface area contributed by atoms with Crippen LogP contribution in [0, 0.1) is 5.92 Å². The van der Waals surface area contributed by atoms with Gasteiger partial charge in [-0.25, -0.2) is 4.79 Å². The number of hydrogen-bond donors (Lipinski definition) is 2. The molecule has 0 saturated heterocycles. The van der Waals surface area contributed by atoms with Gasteiger partial charge in [-0.3, -0.25) is 4.79 Å². The Bertz CT molecular complexity index is 879. The highest BCUT2D eigenvalue weighted by Gasteiger charge is 2.22. The van der Waals surface area contributed by atoms with Gasteiger partial charge in [-0.15, -0.1) is 0 Å². The summed E-state index contributed by atoms with van der Waals surface area (Å²) < 4.78 is 16.4. The van der Waals surface area contributed by atoms with Crippen molar-refractivity contribution in [3.05, 3.63) is 53.6 Å². The summed E-state index contributed by atoms with van der Waals surface area (Å²) in [6.07, 6.45) is 0.818. The number of benzene rings is 2. The summed E-state index contributed by atoms with van der Waals surface area (Å²) in [5.41, 5.74) is 1.07. The second kappa shape index (κ2) is 9.32. The SMILES string of the molecule is CC(C)[C@H](NC(=O)COC(=O)c1cccc(O)c1)c1ccc2c(c1)OCCCO2. The molecule has 0 aromatic heterocycles. The zero-order chi connectivity index (χ0) is 20.8. The van der Waals surface area contributed by atoms with Crippen LogP contribution in [0.2, 0.25) is 0 Å². The molecule has 0 bridgehead atoms. The predicted octanol–water partition coefficient (Wildman–Crippen LogP) is 3.22. The van der Waals surface area contributed by atoms with Crippen LogP contribution in [0.5, 0.6) is 17.2 Å². The number of rotatable bonds is 6. The van der Waals surface area contributed by atoms with Gasteiger partial charge in [0.2, 0.25) is 0 Å². The van der Waals surface area contributed by atoms with Gasteiger partial charge in [0, 0.05) is 6.42 Å². The zero-order valence-corrected chi connectivity index (χ0v) is 16.5. The number of phenols is 1. The maximum Gasteiger partial charge on any atom is 0.338 e. The molecule has 7 nitrogen and oxygen atoms in total. The van der Waals surface area contributed by atoms with Crippen molar-refractivity contribution in [3.63, 3.8) is 0 Å². The average molecular weight is 399 g/mol. The van der Waals surface area contributed by atoms with E-state index in [1.165, 1.54) is 24.3 Å². The molecule has 0 fully saturated rings. The van der Waals surface area contributed by atoms with E-state index in [-0.39, 0.29) is 23.3 Å². The zero-order valence-electron chi connectivity index (χ0n) is 16.5. The number of fused-ring (bicyclic) bond motifs is 1. The molecule has 3 rings (SSSR count). The van der Waals surface area contributed by atoms with Crippen LogP contribution in [0.3, 0.4) is 0 Å². The highest BCUT2D eigenvalue weighted by atomic mass is 16.5. The number of hydrogen-bond acceptors (Lipinski definition) is 6. The fraction of sp³-hybridized carbons (Fsp3) is 0.364. The maximum atomic E-state index is 12.4. The topological polar surface area (TPSA) is 94.1 Å². The third-order valence-electron chi connectivity index (χ3n) is 4.53. The van der Waals surface area contributed by atoms with Crippen molar-refractivity contribution in [2.24, 2.45) is 5.92 Å². The lowest BCUT2D eigenvalue weighted by Gasteiger charge is -2.23. The molecule has 1 amide bonds. The summed E-state index contributed by atoms with van der Waals surface area (Å²) in [6, 6.07) is 11.1. The Kier molecular flexibility index (Phi) is 6.59. The molecule has 1 aliphatic heterocycles. The Morgan fingerprint density at radius 3 is 2.59 bits per heavy atom. The molecule has 154 valence electrons. The van der Waals surface area contributed by atoms with Crippen molar-refractivity contribution in [2.45, 2.75) is 26.3 Å². The molecular formula is C22H25NO6. The van der Waals surface area contributed by atoms with Gasteiger partial charge >= 0.3 is 5.97 Å². The van der Waals surface area contributed by atoms with Gasteiger partial charge in [0.1, 0.15) is 5.75 Å². The largest absolute Gasteiger partial charge is 0.508 e. The first-order chi connectivity index (χ1) is 13.9. The summed E-state index contributed by atoms with van der Waals surface area (Å²) in [5, 5.41) is 12.4. The third kappa shape index (κ3) is 5.40. The normalized spacial score (nSPS) is 14.0. The molecule has 2 aromatic rings. The van der Waals surface area contributed by atoms with E-state index in [1.54, 1.807) is 0 Å². The van der Waals surface area contributed by atoms with Crippen LogP contribution in [-0.2, 0) is 9.53 Å². The monoisotopic (exact) mass is 399 g/mol. The number of nitrogens with one attached hydrogen (secondary N) is 1. The highest BCUT2D eigenvalue weighted by Crippen LogP contribution is 2.34. The number of carbonyl (C=O) groups is 2. The van der Waals surface area contributed by atoms with E-state index < -0.39 is 18.5 Å². The average Bonchev–Trinajstić information content (AvgIpc) is 2.94. The lowest BCUT2D eigenvalue weighted by atomic mass is 9.95. The summed E-state index contributed by atoms with van der Waals surface area (Å²) in [6.45, 7) is 4.77. The first-order valence-electron chi connectivity index (χ1n) is 9.59. The van der Waals surface area contributed by atoms with E-state index in [0.29, 0.717) is 24.7 Å². The van der Waals surface area contributed by atoms with Crippen molar-refractivity contribution in [2.75, 3.05) is 19.8 Å². The summed E-state index contributed by atoms with van der Waals surface area (Å²) in [4.78, 5) is 24.4. The molecule has 0 radical (unpaired) electrons. The first kappa shape index (κ1) is 20.5. The van der Waals surface area contributed by atoms with Crippen molar-refractivity contribution in [3.8, 4) is 17.2 Å². The van der Waals surface area contributed by atoms with Crippen LogP contribution in [0.4, 0.5) is 0 Å². The second-order valence-corrected chi connectivity index (χ2v) is 7.17. The number of carbonyl (C=O) groups excluding carboxylic acids is 2. The van der Waals surface area contributed by atoms with Gasteiger partial charge in [0.15, 0.2) is 18.1 Å². The van der Waals surface area contributed by atoms with Crippen molar-refractivity contribution < 1.29 is 28.9 Å². The predicted molar refractivity (Wildman–Crippen MR) is 106 cm³/mol. The first-order valence-corrected chi connectivity index (χ1v) is 9.59. The lowest BCUT2D eigenvalue weighted by Crippen LogP contribution is -2.35. The molecule has 2 aromatic carbocycles. The number of amides is 1. The minimum atomic E-state index is -0.673. The van der Waals surface area contributed by atoms with Crippen LogP contribution in [-0.4, -0.2) is 36.8 Å². The Balaban J connectivity index is 1.63. The van der Waals surface area contributed by atoms with Gasteiger partial charge in [-0.05, 0) is 41.8 Å². The molecule has 7 heteroatoms. The number of aromatic hydroxyl groups is 1. The quantitative estimate of drug-likeness (QED) is 0.725. The van der Waals surface area contributed by atoms with Crippen molar-refractivity contribution >= 4 is 11.9 Å². The van der Waals surface area contributed by atoms with E-state index in [4.69, 9.17) is 14.2 Å². The third-order valence-corrected chi connectivity index (χ3v) is 4.53. The minimum absolute atomic E-state index is 0.0434. The molecule has 1 atom stereocenters. The Morgan fingerprint density at radius 1 is 1.10 bits per heavy atom. The van der Waals surface area contributed by atoms with Crippen LogP contribution in [0.1, 0.15) is 42.2 Å².